The van der Waals surface area contributed by atoms with Crippen LogP contribution in [0.2, 0.25) is 0 Å². The van der Waals surface area contributed by atoms with Crippen molar-refractivity contribution in [2.24, 2.45) is 0 Å². The lowest BCUT2D eigenvalue weighted by Gasteiger charge is -2.13. The Morgan fingerprint density at radius 2 is 1.58 bits per heavy atom. The fourth-order valence-electron chi connectivity index (χ4n) is 3.97. The highest BCUT2D eigenvalue weighted by molar-refractivity contribution is 6.13. The van der Waals surface area contributed by atoms with Gasteiger partial charge >= 0.3 is 5.97 Å². The zero-order chi connectivity index (χ0) is 25.5. The Hall–Kier alpha value is -4.45. The van der Waals surface area contributed by atoms with Crippen LogP contribution in [0.1, 0.15) is 45.2 Å². The van der Waals surface area contributed by atoms with Gasteiger partial charge in [-0.1, -0.05) is 48.5 Å². The van der Waals surface area contributed by atoms with Crippen molar-refractivity contribution in [3.63, 3.8) is 0 Å². The maximum Gasteiger partial charge on any atom is 0.306 e. The Labute approximate surface area is 210 Å². The van der Waals surface area contributed by atoms with Crippen molar-refractivity contribution in [3.05, 3.63) is 107 Å². The normalized spacial score (nSPS) is 10.6. The van der Waals surface area contributed by atoms with E-state index in [1.807, 2.05) is 67.6 Å². The summed E-state index contributed by atoms with van der Waals surface area (Å²) >= 11 is 0. The third-order valence-electron chi connectivity index (χ3n) is 5.79. The van der Waals surface area contributed by atoms with E-state index in [-0.39, 0.29) is 24.2 Å². The van der Waals surface area contributed by atoms with Gasteiger partial charge in [0, 0.05) is 17.7 Å². The Morgan fingerprint density at radius 1 is 0.778 bits per heavy atom. The van der Waals surface area contributed by atoms with Crippen LogP contribution in [0.4, 0.5) is 11.4 Å². The minimum atomic E-state index is -0.341. The van der Waals surface area contributed by atoms with E-state index in [9.17, 15) is 14.4 Å². The lowest BCUT2D eigenvalue weighted by Crippen LogP contribution is -2.18. The topological polar surface area (TPSA) is 84.5 Å². The Bertz CT molecular complexity index is 1430. The van der Waals surface area contributed by atoms with Crippen LogP contribution in [0.5, 0.6) is 0 Å². The van der Waals surface area contributed by atoms with E-state index < -0.39 is 0 Å². The summed E-state index contributed by atoms with van der Waals surface area (Å²) in [5.74, 6) is -0.883. The zero-order valence-electron chi connectivity index (χ0n) is 20.3. The van der Waals surface area contributed by atoms with Crippen LogP contribution in [0.25, 0.3) is 10.8 Å². The number of hydrogen-bond donors (Lipinski definition) is 2. The number of fused-ring (bicyclic) bond motifs is 1. The molecule has 6 heteroatoms. The van der Waals surface area contributed by atoms with Gasteiger partial charge in [-0.05, 0) is 78.6 Å². The smallest absolute Gasteiger partial charge is 0.306 e. The third-order valence-corrected chi connectivity index (χ3v) is 5.79. The van der Waals surface area contributed by atoms with E-state index in [4.69, 9.17) is 4.74 Å². The molecule has 6 nitrogen and oxygen atoms in total. The number of ether oxygens (including phenoxy) is 1. The Kier molecular flexibility index (Phi) is 7.75. The molecule has 0 radical (unpaired) electrons. The predicted octanol–water partition coefficient (Wildman–Crippen LogP) is 6.15. The lowest BCUT2D eigenvalue weighted by molar-refractivity contribution is -0.143. The van der Waals surface area contributed by atoms with E-state index in [2.05, 4.69) is 10.6 Å². The van der Waals surface area contributed by atoms with Gasteiger partial charge in [0.25, 0.3) is 11.8 Å². The van der Waals surface area contributed by atoms with Crippen molar-refractivity contribution in [1.29, 1.82) is 0 Å². The number of esters is 1. The second-order valence-corrected chi connectivity index (χ2v) is 8.52. The standard InChI is InChI=1S/C30H28N2O4/c1-3-36-28(33)16-12-21-7-6-10-25(18-21)31-30(35)26-15-11-20(2)17-27(26)32-29(34)24-14-13-22-8-4-5-9-23(22)19-24/h4-11,13-15,17-19H,3,12,16H2,1-2H3,(H,31,35)(H,32,34). The van der Waals surface area contributed by atoms with E-state index in [0.717, 1.165) is 21.9 Å². The average molecular weight is 481 g/mol. The van der Waals surface area contributed by atoms with Gasteiger partial charge in [-0.2, -0.15) is 0 Å². The minimum Gasteiger partial charge on any atom is -0.466 e. The van der Waals surface area contributed by atoms with E-state index in [0.29, 0.717) is 35.5 Å². The molecule has 0 fully saturated rings. The first-order valence-electron chi connectivity index (χ1n) is 11.9. The number of aryl methyl sites for hydroxylation is 2. The minimum absolute atomic E-state index is 0.251. The van der Waals surface area contributed by atoms with Gasteiger partial charge in [-0.15, -0.1) is 0 Å². The van der Waals surface area contributed by atoms with Crippen molar-refractivity contribution in [2.75, 3.05) is 17.2 Å². The second-order valence-electron chi connectivity index (χ2n) is 8.52. The number of carbonyl (C=O) groups is 3. The average Bonchev–Trinajstić information content (AvgIpc) is 2.87. The highest BCUT2D eigenvalue weighted by Crippen LogP contribution is 2.22. The molecule has 0 aliphatic carbocycles. The number of hydrogen-bond acceptors (Lipinski definition) is 4. The predicted molar refractivity (Wildman–Crippen MR) is 142 cm³/mol. The number of nitrogens with one attached hydrogen (secondary N) is 2. The summed E-state index contributed by atoms with van der Waals surface area (Å²) in [6, 6.07) is 26.0. The molecule has 4 aromatic carbocycles. The van der Waals surface area contributed by atoms with Gasteiger partial charge in [0.2, 0.25) is 0 Å². The summed E-state index contributed by atoms with van der Waals surface area (Å²) in [6.07, 6.45) is 0.786. The quantitative estimate of drug-likeness (QED) is 0.296. The number of amides is 2. The Balaban J connectivity index is 1.50. The van der Waals surface area contributed by atoms with Gasteiger partial charge in [0.15, 0.2) is 0 Å². The van der Waals surface area contributed by atoms with Crippen molar-refractivity contribution >= 4 is 39.9 Å². The van der Waals surface area contributed by atoms with E-state index in [1.54, 1.807) is 31.2 Å². The summed E-state index contributed by atoms with van der Waals surface area (Å²) in [6.45, 7) is 4.03. The molecule has 2 N–H and O–H groups in total. The van der Waals surface area contributed by atoms with Gasteiger partial charge in [0.1, 0.15) is 0 Å². The van der Waals surface area contributed by atoms with Gasteiger partial charge in [-0.3, -0.25) is 14.4 Å². The van der Waals surface area contributed by atoms with Crippen molar-refractivity contribution in [1.82, 2.24) is 0 Å². The van der Waals surface area contributed by atoms with Gasteiger partial charge < -0.3 is 15.4 Å². The lowest BCUT2D eigenvalue weighted by atomic mass is 10.1. The van der Waals surface area contributed by atoms with Crippen LogP contribution >= 0.6 is 0 Å². The number of anilines is 2. The van der Waals surface area contributed by atoms with Crippen LogP contribution in [-0.2, 0) is 16.0 Å². The molecule has 0 saturated carbocycles. The summed E-state index contributed by atoms with van der Waals surface area (Å²) in [5.41, 5.74) is 3.73. The van der Waals surface area contributed by atoms with Gasteiger partial charge in [-0.25, -0.2) is 0 Å². The highest BCUT2D eigenvalue weighted by Gasteiger charge is 2.16. The van der Waals surface area contributed by atoms with Crippen LogP contribution < -0.4 is 10.6 Å². The molecular weight excluding hydrogens is 452 g/mol. The third kappa shape index (κ3) is 6.16. The molecule has 0 saturated heterocycles. The monoisotopic (exact) mass is 480 g/mol. The number of rotatable bonds is 8. The molecule has 2 amide bonds. The van der Waals surface area contributed by atoms with Crippen molar-refractivity contribution in [2.45, 2.75) is 26.7 Å². The fourth-order valence-corrected chi connectivity index (χ4v) is 3.97. The maximum atomic E-state index is 13.2. The summed E-state index contributed by atoms with van der Waals surface area (Å²) in [4.78, 5) is 37.9. The molecule has 36 heavy (non-hydrogen) atoms. The van der Waals surface area contributed by atoms with Crippen LogP contribution in [0, 0.1) is 6.92 Å². The summed E-state index contributed by atoms with van der Waals surface area (Å²) < 4.78 is 4.98. The molecule has 0 spiro atoms. The molecule has 182 valence electrons. The highest BCUT2D eigenvalue weighted by atomic mass is 16.5. The summed E-state index contributed by atoms with van der Waals surface area (Å²) in [5, 5.41) is 7.82. The SMILES string of the molecule is CCOC(=O)CCc1cccc(NC(=O)c2ccc(C)cc2NC(=O)c2ccc3ccccc3c2)c1. The molecule has 0 atom stereocenters. The molecule has 0 heterocycles. The van der Waals surface area contributed by atoms with Crippen LogP contribution in [0.15, 0.2) is 84.9 Å². The number of carbonyl (C=O) groups excluding carboxylic acids is 3. The first-order valence-corrected chi connectivity index (χ1v) is 11.9. The Morgan fingerprint density at radius 3 is 2.39 bits per heavy atom. The summed E-state index contributed by atoms with van der Waals surface area (Å²) in [7, 11) is 0. The molecule has 4 rings (SSSR count). The molecule has 0 aromatic heterocycles. The van der Waals surface area contributed by atoms with Crippen molar-refractivity contribution in [3.8, 4) is 0 Å². The number of benzene rings is 4. The van der Waals surface area contributed by atoms with E-state index in [1.165, 1.54) is 0 Å². The van der Waals surface area contributed by atoms with Crippen LogP contribution in [-0.4, -0.2) is 24.4 Å². The van der Waals surface area contributed by atoms with Gasteiger partial charge in [0.05, 0.1) is 17.9 Å². The van der Waals surface area contributed by atoms with E-state index >= 15 is 0 Å². The molecular formula is C30H28N2O4. The fraction of sp³-hybridized carbons (Fsp3) is 0.167. The molecule has 0 unspecified atom stereocenters. The zero-order valence-corrected chi connectivity index (χ0v) is 20.3. The van der Waals surface area contributed by atoms with Crippen molar-refractivity contribution < 1.29 is 19.1 Å². The first kappa shape index (κ1) is 24.7. The van der Waals surface area contributed by atoms with Crippen LogP contribution in [0.3, 0.4) is 0 Å². The first-order chi connectivity index (χ1) is 17.4. The molecule has 0 aliphatic heterocycles. The molecule has 0 bridgehead atoms. The molecule has 4 aromatic rings. The largest absolute Gasteiger partial charge is 0.466 e. The maximum absolute atomic E-state index is 13.2. The molecule has 0 aliphatic rings. The second kappa shape index (κ2) is 11.3.